The molecule has 1 heterocycles. The van der Waals surface area contributed by atoms with E-state index < -0.39 is 29.6 Å². The van der Waals surface area contributed by atoms with Gasteiger partial charge in [0.1, 0.15) is 5.54 Å². The summed E-state index contributed by atoms with van der Waals surface area (Å²) >= 11 is 0. The minimum atomic E-state index is -0.897. The Kier molecular flexibility index (Phi) is 6.17. The van der Waals surface area contributed by atoms with Gasteiger partial charge in [0.05, 0.1) is 0 Å². The smallest absolute Gasteiger partial charge is 0.325 e. The van der Waals surface area contributed by atoms with Crippen LogP contribution < -0.4 is 10.6 Å². The normalized spacial score (nSPS) is 19.6. The van der Waals surface area contributed by atoms with Crippen molar-refractivity contribution >= 4 is 23.8 Å². The molecule has 0 aromatic heterocycles. The number of urea groups is 1. The van der Waals surface area contributed by atoms with E-state index in [-0.39, 0.29) is 18.9 Å². The van der Waals surface area contributed by atoms with Gasteiger partial charge in [-0.05, 0) is 26.2 Å². The standard InChI is InChI=1S/C17H25N3O5/c1-3-10-18-14(22)12(2)25-13(21)7-6-11-20-15(23)17(19-16(20)24)8-4-5-9-17/h3,12H,1,4-11H2,2H3,(H,18,22)(H,19,24)/t12-/m1/s1. The Morgan fingerprint density at radius 3 is 2.72 bits per heavy atom. The first-order valence-corrected chi connectivity index (χ1v) is 8.62. The van der Waals surface area contributed by atoms with Crippen molar-refractivity contribution in [3.8, 4) is 0 Å². The predicted molar refractivity (Wildman–Crippen MR) is 89.4 cm³/mol. The molecule has 2 aliphatic rings. The van der Waals surface area contributed by atoms with Gasteiger partial charge in [-0.3, -0.25) is 19.3 Å². The van der Waals surface area contributed by atoms with Crippen molar-refractivity contribution < 1.29 is 23.9 Å². The zero-order valence-electron chi connectivity index (χ0n) is 14.5. The summed E-state index contributed by atoms with van der Waals surface area (Å²) in [5, 5.41) is 5.33. The van der Waals surface area contributed by atoms with Gasteiger partial charge < -0.3 is 15.4 Å². The van der Waals surface area contributed by atoms with E-state index in [0.717, 1.165) is 12.8 Å². The number of ether oxygens (including phenoxy) is 1. The molecule has 1 atom stereocenters. The van der Waals surface area contributed by atoms with Crippen LogP contribution in [0.15, 0.2) is 12.7 Å². The fraction of sp³-hybridized carbons (Fsp3) is 0.647. The molecule has 8 heteroatoms. The highest BCUT2D eigenvalue weighted by molar-refractivity contribution is 6.07. The molecule has 1 aliphatic carbocycles. The zero-order chi connectivity index (χ0) is 18.4. The molecular formula is C17H25N3O5. The fourth-order valence-electron chi connectivity index (χ4n) is 3.20. The number of carbonyl (C=O) groups excluding carboxylic acids is 4. The summed E-state index contributed by atoms with van der Waals surface area (Å²) in [6, 6.07) is -0.391. The van der Waals surface area contributed by atoms with Gasteiger partial charge in [-0.25, -0.2) is 4.79 Å². The summed E-state index contributed by atoms with van der Waals surface area (Å²) in [6.45, 7) is 5.43. The molecular weight excluding hydrogens is 326 g/mol. The highest BCUT2D eigenvalue weighted by atomic mass is 16.5. The van der Waals surface area contributed by atoms with E-state index in [2.05, 4.69) is 17.2 Å². The van der Waals surface area contributed by atoms with Crippen molar-refractivity contribution in [2.45, 2.75) is 57.1 Å². The van der Waals surface area contributed by atoms with Crippen LogP contribution >= 0.6 is 0 Å². The number of hydrogen-bond acceptors (Lipinski definition) is 5. The Bertz CT molecular complexity index is 569. The van der Waals surface area contributed by atoms with E-state index in [1.807, 2.05) is 0 Å². The van der Waals surface area contributed by atoms with Gasteiger partial charge in [-0.2, -0.15) is 0 Å². The molecule has 2 fully saturated rings. The molecule has 0 bridgehead atoms. The van der Waals surface area contributed by atoms with Gasteiger partial charge >= 0.3 is 12.0 Å². The van der Waals surface area contributed by atoms with Crippen molar-refractivity contribution in [1.82, 2.24) is 15.5 Å². The molecule has 0 aromatic carbocycles. The van der Waals surface area contributed by atoms with Crippen molar-refractivity contribution in [1.29, 1.82) is 0 Å². The summed E-state index contributed by atoms with van der Waals surface area (Å²) < 4.78 is 5.03. The molecule has 8 nitrogen and oxygen atoms in total. The van der Waals surface area contributed by atoms with E-state index in [0.29, 0.717) is 25.8 Å². The predicted octanol–water partition coefficient (Wildman–Crippen LogP) is 0.865. The van der Waals surface area contributed by atoms with E-state index in [1.165, 1.54) is 17.9 Å². The highest BCUT2D eigenvalue weighted by Crippen LogP contribution is 2.35. The minimum Gasteiger partial charge on any atom is -0.453 e. The van der Waals surface area contributed by atoms with Crippen LogP contribution in [-0.4, -0.2) is 53.4 Å². The summed E-state index contributed by atoms with van der Waals surface area (Å²) in [5.41, 5.74) is -0.727. The van der Waals surface area contributed by atoms with Gasteiger partial charge in [0.2, 0.25) is 0 Å². The Hall–Kier alpha value is -2.38. The molecule has 1 saturated carbocycles. The average molecular weight is 351 g/mol. The molecule has 138 valence electrons. The lowest BCUT2D eigenvalue weighted by Gasteiger charge is -2.20. The maximum absolute atomic E-state index is 12.4. The Morgan fingerprint density at radius 2 is 2.08 bits per heavy atom. The highest BCUT2D eigenvalue weighted by Gasteiger charge is 2.52. The van der Waals surface area contributed by atoms with Gasteiger partial charge in [-0.1, -0.05) is 18.9 Å². The molecule has 0 radical (unpaired) electrons. The van der Waals surface area contributed by atoms with Crippen LogP contribution in [0.2, 0.25) is 0 Å². The topological polar surface area (TPSA) is 105 Å². The molecule has 1 spiro atoms. The van der Waals surface area contributed by atoms with E-state index in [1.54, 1.807) is 0 Å². The maximum atomic E-state index is 12.4. The first kappa shape index (κ1) is 19.0. The van der Waals surface area contributed by atoms with Crippen LogP contribution in [0.4, 0.5) is 4.79 Å². The van der Waals surface area contributed by atoms with Crippen molar-refractivity contribution in [3.05, 3.63) is 12.7 Å². The fourth-order valence-corrected chi connectivity index (χ4v) is 3.20. The molecule has 0 aromatic rings. The number of esters is 1. The van der Waals surface area contributed by atoms with E-state index in [4.69, 9.17) is 4.74 Å². The second-order valence-electron chi connectivity index (χ2n) is 6.45. The molecule has 1 aliphatic heterocycles. The summed E-state index contributed by atoms with van der Waals surface area (Å²) in [5.74, 6) is -1.13. The van der Waals surface area contributed by atoms with Crippen LogP contribution in [0.3, 0.4) is 0 Å². The number of nitrogens with zero attached hydrogens (tertiary/aromatic N) is 1. The first-order chi connectivity index (χ1) is 11.9. The number of nitrogens with one attached hydrogen (secondary N) is 2. The minimum absolute atomic E-state index is 0.0309. The molecule has 25 heavy (non-hydrogen) atoms. The Balaban J connectivity index is 1.74. The summed E-state index contributed by atoms with van der Waals surface area (Å²) in [4.78, 5) is 49.0. The summed E-state index contributed by atoms with van der Waals surface area (Å²) in [7, 11) is 0. The van der Waals surface area contributed by atoms with Crippen LogP contribution in [-0.2, 0) is 19.1 Å². The largest absolute Gasteiger partial charge is 0.453 e. The number of carbonyl (C=O) groups is 4. The van der Waals surface area contributed by atoms with Crippen molar-refractivity contribution in [3.63, 3.8) is 0 Å². The van der Waals surface area contributed by atoms with Crippen LogP contribution in [0.1, 0.15) is 45.4 Å². The Labute approximate surface area is 146 Å². The Morgan fingerprint density at radius 1 is 1.40 bits per heavy atom. The monoisotopic (exact) mass is 351 g/mol. The quantitative estimate of drug-likeness (QED) is 0.383. The average Bonchev–Trinajstić information content (AvgIpc) is 3.13. The van der Waals surface area contributed by atoms with Gasteiger partial charge in [-0.15, -0.1) is 6.58 Å². The van der Waals surface area contributed by atoms with Crippen LogP contribution in [0, 0.1) is 0 Å². The van der Waals surface area contributed by atoms with E-state index in [9.17, 15) is 19.2 Å². The third-order valence-electron chi connectivity index (χ3n) is 4.56. The van der Waals surface area contributed by atoms with Gasteiger partial charge in [0.15, 0.2) is 6.10 Å². The molecule has 4 amide bonds. The lowest BCUT2D eigenvalue weighted by molar-refractivity contribution is -0.155. The SMILES string of the molecule is C=CCNC(=O)[C@@H](C)OC(=O)CCCN1C(=O)NC2(CCCC2)C1=O. The third-order valence-corrected chi connectivity index (χ3v) is 4.56. The molecule has 2 N–H and O–H groups in total. The molecule has 1 saturated heterocycles. The number of imide groups is 1. The summed E-state index contributed by atoms with van der Waals surface area (Å²) in [6.07, 6.45) is 4.17. The number of rotatable bonds is 8. The van der Waals surface area contributed by atoms with Gasteiger partial charge in [0, 0.05) is 19.5 Å². The lowest BCUT2D eigenvalue weighted by Crippen LogP contribution is -2.44. The second kappa shape index (κ2) is 8.13. The zero-order valence-corrected chi connectivity index (χ0v) is 14.5. The van der Waals surface area contributed by atoms with Crippen molar-refractivity contribution in [2.75, 3.05) is 13.1 Å². The maximum Gasteiger partial charge on any atom is 0.325 e. The third kappa shape index (κ3) is 4.37. The van der Waals surface area contributed by atoms with E-state index >= 15 is 0 Å². The van der Waals surface area contributed by atoms with Gasteiger partial charge in [0.25, 0.3) is 11.8 Å². The lowest BCUT2D eigenvalue weighted by atomic mass is 9.98. The van der Waals surface area contributed by atoms with Crippen LogP contribution in [0.5, 0.6) is 0 Å². The first-order valence-electron chi connectivity index (χ1n) is 8.62. The molecule has 0 unspecified atom stereocenters. The number of hydrogen-bond donors (Lipinski definition) is 2. The molecule has 2 rings (SSSR count). The second-order valence-corrected chi connectivity index (χ2v) is 6.45. The van der Waals surface area contributed by atoms with Crippen LogP contribution in [0.25, 0.3) is 0 Å². The number of amides is 4. The van der Waals surface area contributed by atoms with Crippen molar-refractivity contribution in [2.24, 2.45) is 0 Å².